The predicted octanol–water partition coefficient (Wildman–Crippen LogP) is 3.07. The molecule has 100 valence electrons. The van der Waals surface area contributed by atoms with Gasteiger partial charge in [0.2, 0.25) is 0 Å². The van der Waals surface area contributed by atoms with Gasteiger partial charge in [-0.05, 0) is 19.1 Å². The molecule has 1 atom stereocenters. The largest absolute Gasteiger partial charge is 0.492 e. The van der Waals surface area contributed by atoms with Crippen LogP contribution in [0.4, 0.5) is 0 Å². The minimum Gasteiger partial charge on any atom is -0.492 e. The van der Waals surface area contributed by atoms with Crippen molar-refractivity contribution in [3.8, 4) is 5.75 Å². The predicted molar refractivity (Wildman–Crippen MR) is 75.3 cm³/mol. The quantitative estimate of drug-likeness (QED) is 0.619. The Labute approximate surface area is 117 Å². The van der Waals surface area contributed by atoms with E-state index in [1.807, 2.05) is 25.1 Å². The van der Waals surface area contributed by atoms with Crippen LogP contribution >= 0.6 is 0 Å². The molecule has 20 heavy (non-hydrogen) atoms. The summed E-state index contributed by atoms with van der Waals surface area (Å²) in [4.78, 5) is 24.8. The molecule has 3 nitrogen and oxygen atoms in total. The summed E-state index contributed by atoms with van der Waals surface area (Å²) in [6.45, 7) is 2.07. The molecule has 0 saturated carbocycles. The van der Waals surface area contributed by atoms with E-state index >= 15 is 0 Å². The summed E-state index contributed by atoms with van der Waals surface area (Å²) >= 11 is 0. The number of ketones is 2. The first kappa shape index (κ1) is 12.6. The maximum atomic E-state index is 12.4. The van der Waals surface area contributed by atoms with Crippen molar-refractivity contribution in [1.82, 2.24) is 0 Å². The first-order valence-corrected chi connectivity index (χ1v) is 6.54. The Hall–Kier alpha value is -2.42. The zero-order valence-corrected chi connectivity index (χ0v) is 11.1. The number of Topliss-reactive ketones (excluding diaryl/α,β-unsaturated/α-hetero) is 2. The number of aryl methyl sites for hydroxylation is 1. The maximum absolute atomic E-state index is 12.4. The van der Waals surface area contributed by atoms with Crippen LogP contribution in [0.1, 0.15) is 26.3 Å². The molecule has 0 amide bonds. The summed E-state index contributed by atoms with van der Waals surface area (Å²) in [6.07, 6.45) is 0. The van der Waals surface area contributed by atoms with Gasteiger partial charge in [0.05, 0.1) is 5.56 Å². The first-order chi connectivity index (χ1) is 9.66. The number of hydrogen-bond acceptors (Lipinski definition) is 3. The summed E-state index contributed by atoms with van der Waals surface area (Å²) in [5.41, 5.74) is 2.12. The molecule has 3 heteroatoms. The number of benzene rings is 2. The number of carbonyl (C=O) groups is 2. The Morgan fingerprint density at radius 2 is 1.80 bits per heavy atom. The van der Waals surface area contributed by atoms with Crippen LogP contribution in [0.5, 0.6) is 5.75 Å². The van der Waals surface area contributed by atoms with E-state index < -0.39 is 5.92 Å². The average Bonchev–Trinajstić information content (AvgIpc) is 2.48. The number of fused-ring (bicyclic) bond motifs is 1. The van der Waals surface area contributed by atoms with Crippen LogP contribution in [0.3, 0.4) is 0 Å². The second kappa shape index (κ2) is 4.93. The fraction of sp³-hybridized carbons (Fsp3) is 0.176. The van der Waals surface area contributed by atoms with Crippen molar-refractivity contribution in [2.45, 2.75) is 6.92 Å². The van der Waals surface area contributed by atoms with E-state index in [9.17, 15) is 9.59 Å². The number of rotatable bonds is 2. The molecule has 0 saturated heterocycles. The molecule has 1 aliphatic heterocycles. The SMILES string of the molecule is Cc1ccc(C(=O)C2COc3ccccc3C2=O)cc1. The summed E-state index contributed by atoms with van der Waals surface area (Å²) in [5.74, 6) is -0.514. The molecule has 0 aromatic heterocycles. The van der Waals surface area contributed by atoms with Gasteiger partial charge >= 0.3 is 0 Å². The van der Waals surface area contributed by atoms with Crippen molar-refractivity contribution in [1.29, 1.82) is 0 Å². The molecule has 3 rings (SSSR count). The summed E-state index contributed by atoms with van der Waals surface area (Å²) < 4.78 is 5.53. The van der Waals surface area contributed by atoms with Crippen LogP contribution in [-0.2, 0) is 0 Å². The monoisotopic (exact) mass is 266 g/mol. The highest BCUT2D eigenvalue weighted by molar-refractivity contribution is 6.17. The zero-order valence-electron chi connectivity index (χ0n) is 11.1. The zero-order chi connectivity index (χ0) is 14.1. The third-order valence-electron chi connectivity index (χ3n) is 3.53. The molecule has 2 aromatic carbocycles. The van der Waals surface area contributed by atoms with Crippen molar-refractivity contribution in [3.63, 3.8) is 0 Å². The Balaban J connectivity index is 1.91. The lowest BCUT2D eigenvalue weighted by atomic mass is 9.88. The molecule has 0 N–H and O–H groups in total. The van der Waals surface area contributed by atoms with Crippen molar-refractivity contribution < 1.29 is 14.3 Å². The smallest absolute Gasteiger partial charge is 0.180 e. The molecule has 0 bridgehead atoms. The Kier molecular flexibility index (Phi) is 3.11. The minimum atomic E-state index is -0.743. The van der Waals surface area contributed by atoms with E-state index in [1.54, 1.807) is 30.3 Å². The standard InChI is InChI=1S/C17H14O3/c1-11-6-8-12(9-7-11)16(18)14-10-20-15-5-3-2-4-13(15)17(14)19/h2-9,14H,10H2,1H3. The van der Waals surface area contributed by atoms with Crippen LogP contribution in [0.2, 0.25) is 0 Å². The molecule has 0 fully saturated rings. The lowest BCUT2D eigenvalue weighted by molar-refractivity contribution is 0.0723. The third kappa shape index (κ3) is 2.11. The van der Waals surface area contributed by atoms with Gasteiger partial charge in [-0.3, -0.25) is 9.59 Å². The van der Waals surface area contributed by atoms with Crippen molar-refractivity contribution in [2.75, 3.05) is 6.61 Å². The second-order valence-electron chi connectivity index (χ2n) is 4.95. The number of hydrogen-bond donors (Lipinski definition) is 0. The molecule has 1 aliphatic rings. The van der Waals surface area contributed by atoms with Crippen molar-refractivity contribution in [3.05, 3.63) is 65.2 Å². The highest BCUT2D eigenvalue weighted by Gasteiger charge is 2.34. The van der Waals surface area contributed by atoms with Crippen molar-refractivity contribution >= 4 is 11.6 Å². The lowest BCUT2D eigenvalue weighted by Crippen LogP contribution is -2.34. The molecule has 1 heterocycles. The van der Waals surface area contributed by atoms with Gasteiger partial charge in [-0.2, -0.15) is 0 Å². The lowest BCUT2D eigenvalue weighted by Gasteiger charge is -2.23. The van der Waals surface area contributed by atoms with E-state index in [0.29, 0.717) is 16.9 Å². The Morgan fingerprint density at radius 1 is 1.10 bits per heavy atom. The first-order valence-electron chi connectivity index (χ1n) is 6.54. The van der Waals surface area contributed by atoms with Crippen LogP contribution < -0.4 is 4.74 Å². The molecule has 1 unspecified atom stereocenters. The van der Waals surface area contributed by atoms with E-state index in [0.717, 1.165) is 5.56 Å². The van der Waals surface area contributed by atoms with Gasteiger partial charge in [0.15, 0.2) is 11.6 Å². The van der Waals surface area contributed by atoms with Gasteiger partial charge in [-0.1, -0.05) is 42.0 Å². The van der Waals surface area contributed by atoms with E-state index in [-0.39, 0.29) is 18.2 Å². The summed E-state index contributed by atoms with van der Waals surface area (Å²) in [6, 6.07) is 14.3. The highest BCUT2D eigenvalue weighted by Crippen LogP contribution is 2.28. The molecule has 0 aliphatic carbocycles. The average molecular weight is 266 g/mol. The normalized spacial score (nSPS) is 17.2. The van der Waals surface area contributed by atoms with Gasteiger partial charge < -0.3 is 4.74 Å². The number of para-hydroxylation sites is 1. The maximum Gasteiger partial charge on any atom is 0.180 e. The van der Waals surface area contributed by atoms with Crippen molar-refractivity contribution in [2.24, 2.45) is 5.92 Å². The van der Waals surface area contributed by atoms with E-state index in [1.165, 1.54) is 0 Å². The van der Waals surface area contributed by atoms with Crippen LogP contribution in [-0.4, -0.2) is 18.2 Å². The number of carbonyl (C=O) groups excluding carboxylic acids is 2. The molecule has 2 aromatic rings. The van der Waals surface area contributed by atoms with Crippen LogP contribution in [0.25, 0.3) is 0 Å². The van der Waals surface area contributed by atoms with Gasteiger partial charge in [-0.15, -0.1) is 0 Å². The number of ether oxygens (including phenoxy) is 1. The van der Waals surface area contributed by atoms with E-state index in [4.69, 9.17) is 4.74 Å². The second-order valence-corrected chi connectivity index (χ2v) is 4.95. The topological polar surface area (TPSA) is 43.4 Å². The fourth-order valence-electron chi connectivity index (χ4n) is 2.35. The Bertz CT molecular complexity index is 671. The summed E-state index contributed by atoms with van der Waals surface area (Å²) in [5, 5.41) is 0. The molecular formula is C17H14O3. The molecular weight excluding hydrogens is 252 g/mol. The van der Waals surface area contributed by atoms with Gasteiger partial charge in [0.25, 0.3) is 0 Å². The van der Waals surface area contributed by atoms with Crippen LogP contribution in [0.15, 0.2) is 48.5 Å². The van der Waals surface area contributed by atoms with Gasteiger partial charge in [0, 0.05) is 5.56 Å². The van der Waals surface area contributed by atoms with E-state index in [2.05, 4.69) is 0 Å². The molecule has 0 spiro atoms. The fourth-order valence-corrected chi connectivity index (χ4v) is 2.35. The highest BCUT2D eigenvalue weighted by atomic mass is 16.5. The van der Waals surface area contributed by atoms with Gasteiger partial charge in [0.1, 0.15) is 18.3 Å². The van der Waals surface area contributed by atoms with Gasteiger partial charge in [-0.25, -0.2) is 0 Å². The third-order valence-corrected chi connectivity index (χ3v) is 3.53. The summed E-state index contributed by atoms with van der Waals surface area (Å²) in [7, 11) is 0. The Morgan fingerprint density at radius 3 is 2.55 bits per heavy atom. The minimum absolute atomic E-state index is 0.114. The molecule has 0 radical (unpaired) electrons. The van der Waals surface area contributed by atoms with Crippen LogP contribution in [0, 0.1) is 12.8 Å².